The first kappa shape index (κ1) is 17.0. The first-order valence-corrected chi connectivity index (χ1v) is 8.13. The highest BCUT2D eigenvalue weighted by molar-refractivity contribution is 6.35. The summed E-state index contributed by atoms with van der Waals surface area (Å²) in [5, 5.41) is 16.3. The normalized spacial score (nSPS) is 10.2. The lowest BCUT2D eigenvalue weighted by Crippen LogP contribution is -2.02. The Bertz CT molecular complexity index is 946. The van der Waals surface area contributed by atoms with Crippen molar-refractivity contribution in [3.63, 3.8) is 0 Å². The maximum atomic E-state index is 8.99. The predicted octanol–water partition coefficient (Wildman–Crippen LogP) is 5.45. The van der Waals surface area contributed by atoms with Crippen LogP contribution in [0.25, 0.3) is 0 Å². The zero-order valence-corrected chi connectivity index (χ0v) is 14.7. The summed E-state index contributed by atoms with van der Waals surface area (Å²) in [4.78, 5) is 8.80. The van der Waals surface area contributed by atoms with Crippen molar-refractivity contribution < 1.29 is 0 Å². The molecule has 0 saturated heterocycles. The monoisotopic (exact) mass is 369 g/mol. The summed E-state index contributed by atoms with van der Waals surface area (Å²) in [7, 11) is 0. The topological polar surface area (TPSA) is 73.6 Å². The van der Waals surface area contributed by atoms with Crippen LogP contribution in [-0.2, 0) is 0 Å². The van der Waals surface area contributed by atoms with Gasteiger partial charge in [0.05, 0.1) is 11.6 Å². The molecule has 0 saturated carbocycles. The molecule has 5 nitrogen and oxygen atoms in total. The first-order valence-electron chi connectivity index (χ1n) is 7.38. The minimum absolute atomic E-state index is 0.414. The van der Waals surface area contributed by atoms with Crippen LogP contribution in [-0.4, -0.2) is 9.97 Å². The molecule has 2 N–H and O–H groups in total. The van der Waals surface area contributed by atoms with Crippen molar-refractivity contribution in [3.8, 4) is 6.07 Å². The van der Waals surface area contributed by atoms with Crippen LogP contribution in [0.3, 0.4) is 0 Å². The molecule has 3 rings (SSSR count). The zero-order chi connectivity index (χ0) is 17.8. The Hall–Kier alpha value is -2.81. The van der Waals surface area contributed by atoms with Crippen LogP contribution in [0.5, 0.6) is 0 Å². The number of benzene rings is 2. The van der Waals surface area contributed by atoms with Gasteiger partial charge in [-0.25, -0.2) is 4.98 Å². The summed E-state index contributed by atoms with van der Waals surface area (Å²) < 4.78 is 0. The van der Waals surface area contributed by atoms with Crippen molar-refractivity contribution >= 4 is 46.3 Å². The largest absolute Gasteiger partial charge is 0.340 e. The van der Waals surface area contributed by atoms with E-state index in [0.29, 0.717) is 33.1 Å². The van der Waals surface area contributed by atoms with E-state index in [4.69, 9.17) is 28.5 Å². The Morgan fingerprint density at radius 3 is 2.40 bits per heavy atom. The van der Waals surface area contributed by atoms with Crippen molar-refractivity contribution in [1.29, 1.82) is 5.26 Å². The number of hydrogen-bond donors (Lipinski definition) is 2. The van der Waals surface area contributed by atoms with Crippen molar-refractivity contribution in [3.05, 3.63) is 69.8 Å². The summed E-state index contributed by atoms with van der Waals surface area (Å²) in [6.45, 7) is 1.87. The smallest absolute Gasteiger partial charge is 0.229 e. The summed E-state index contributed by atoms with van der Waals surface area (Å²) in [5.74, 6) is 1.02. The molecule has 0 aliphatic heterocycles. The lowest BCUT2D eigenvalue weighted by atomic mass is 10.2. The fraction of sp³-hybridized carbons (Fsp3) is 0.0556. The molecule has 1 heterocycles. The highest BCUT2D eigenvalue weighted by Gasteiger charge is 2.05. The van der Waals surface area contributed by atoms with E-state index in [9.17, 15) is 0 Å². The molecular weight excluding hydrogens is 357 g/mol. The first-order chi connectivity index (χ1) is 12.0. The van der Waals surface area contributed by atoms with Gasteiger partial charge in [0, 0.05) is 33.2 Å². The highest BCUT2D eigenvalue weighted by Crippen LogP contribution is 2.25. The fourth-order valence-corrected chi connectivity index (χ4v) is 2.78. The average molecular weight is 370 g/mol. The Kier molecular flexibility index (Phi) is 5.03. The number of rotatable bonds is 4. The average Bonchev–Trinajstić information content (AvgIpc) is 2.53. The molecule has 0 fully saturated rings. The molecule has 3 aromatic rings. The van der Waals surface area contributed by atoms with Crippen molar-refractivity contribution in [2.45, 2.75) is 6.92 Å². The van der Waals surface area contributed by atoms with Crippen LogP contribution in [0, 0.1) is 18.3 Å². The van der Waals surface area contributed by atoms with Gasteiger partial charge in [-0.15, -0.1) is 0 Å². The van der Waals surface area contributed by atoms with Crippen LogP contribution >= 0.6 is 23.2 Å². The molecule has 0 radical (unpaired) electrons. The molecule has 0 bridgehead atoms. The molecule has 25 heavy (non-hydrogen) atoms. The van der Waals surface area contributed by atoms with E-state index in [1.165, 1.54) is 0 Å². The van der Waals surface area contributed by atoms with Crippen molar-refractivity contribution in [2.75, 3.05) is 10.6 Å². The minimum Gasteiger partial charge on any atom is -0.340 e. The van der Waals surface area contributed by atoms with E-state index in [1.807, 2.05) is 25.1 Å². The van der Waals surface area contributed by atoms with E-state index in [2.05, 4.69) is 26.7 Å². The molecule has 7 heteroatoms. The lowest BCUT2D eigenvalue weighted by Gasteiger charge is -2.10. The third kappa shape index (κ3) is 4.60. The molecule has 2 aromatic carbocycles. The third-order valence-electron chi connectivity index (χ3n) is 3.24. The summed E-state index contributed by atoms with van der Waals surface area (Å²) in [6.07, 6.45) is 0. The number of nitrogens with zero attached hydrogens (tertiary/aromatic N) is 3. The Labute approximate surface area is 155 Å². The lowest BCUT2D eigenvalue weighted by molar-refractivity contribution is 1.11. The van der Waals surface area contributed by atoms with Crippen LogP contribution in [0.4, 0.5) is 23.1 Å². The molecule has 0 aliphatic carbocycles. The van der Waals surface area contributed by atoms with E-state index < -0.39 is 0 Å². The molecule has 1 aromatic heterocycles. The van der Waals surface area contributed by atoms with E-state index in [-0.39, 0.29) is 0 Å². The van der Waals surface area contributed by atoms with Gasteiger partial charge in [0.15, 0.2) is 0 Å². The molecule has 0 amide bonds. The fourth-order valence-electron chi connectivity index (χ4n) is 2.26. The van der Waals surface area contributed by atoms with Crippen molar-refractivity contribution in [2.24, 2.45) is 0 Å². The Balaban J connectivity index is 1.86. The minimum atomic E-state index is 0.414. The van der Waals surface area contributed by atoms with E-state index >= 15 is 0 Å². The maximum absolute atomic E-state index is 8.99. The summed E-state index contributed by atoms with van der Waals surface area (Å²) in [6, 6.07) is 16.2. The van der Waals surface area contributed by atoms with Crippen LogP contribution in [0.1, 0.15) is 11.3 Å². The van der Waals surface area contributed by atoms with E-state index in [1.54, 1.807) is 30.3 Å². The van der Waals surface area contributed by atoms with Crippen LogP contribution in [0.15, 0.2) is 48.5 Å². The molecule has 0 spiro atoms. The van der Waals surface area contributed by atoms with E-state index in [0.717, 1.165) is 11.4 Å². The third-order valence-corrected chi connectivity index (χ3v) is 3.67. The quantitative estimate of drug-likeness (QED) is 0.639. The number of nitrogens with one attached hydrogen (secondary N) is 2. The number of hydrogen-bond acceptors (Lipinski definition) is 5. The molecular formula is C18H13Cl2N5. The van der Waals surface area contributed by atoms with Gasteiger partial charge in [-0.2, -0.15) is 10.2 Å². The SMILES string of the molecule is Cc1cc(Nc2cccc(C#N)c2)nc(Nc2cc(Cl)cc(Cl)c2)n1. The second-order valence-electron chi connectivity index (χ2n) is 5.32. The highest BCUT2D eigenvalue weighted by atomic mass is 35.5. The van der Waals surface area contributed by atoms with Gasteiger partial charge in [0.1, 0.15) is 5.82 Å². The number of aromatic nitrogens is 2. The number of halogens is 2. The molecule has 0 unspecified atom stereocenters. The van der Waals surface area contributed by atoms with Gasteiger partial charge >= 0.3 is 0 Å². The molecule has 0 aliphatic rings. The van der Waals surface area contributed by atoms with Gasteiger partial charge < -0.3 is 10.6 Å². The van der Waals surface area contributed by atoms with Crippen LogP contribution in [0.2, 0.25) is 10.0 Å². The van der Waals surface area contributed by atoms with Crippen molar-refractivity contribution in [1.82, 2.24) is 9.97 Å². The van der Waals surface area contributed by atoms with Crippen LogP contribution < -0.4 is 10.6 Å². The van der Waals surface area contributed by atoms with Gasteiger partial charge in [-0.05, 0) is 43.3 Å². The summed E-state index contributed by atoms with van der Waals surface area (Å²) >= 11 is 12.0. The van der Waals surface area contributed by atoms with Gasteiger partial charge in [-0.3, -0.25) is 0 Å². The maximum Gasteiger partial charge on any atom is 0.229 e. The predicted molar refractivity (Wildman–Crippen MR) is 101 cm³/mol. The Morgan fingerprint density at radius 1 is 0.920 bits per heavy atom. The van der Waals surface area contributed by atoms with Gasteiger partial charge in [0.25, 0.3) is 0 Å². The number of aryl methyl sites for hydroxylation is 1. The van der Waals surface area contributed by atoms with Gasteiger partial charge in [-0.1, -0.05) is 29.3 Å². The summed E-state index contributed by atoms with van der Waals surface area (Å²) in [5.41, 5.74) is 2.82. The zero-order valence-electron chi connectivity index (χ0n) is 13.2. The number of nitriles is 1. The number of anilines is 4. The van der Waals surface area contributed by atoms with Gasteiger partial charge in [0.2, 0.25) is 5.95 Å². The molecule has 0 atom stereocenters. The molecule has 124 valence electrons. The second kappa shape index (κ2) is 7.39. The standard InChI is InChI=1S/C18H13Cl2N5/c1-11-5-17(23-15-4-2-3-12(6-15)10-21)25-18(22-11)24-16-8-13(19)7-14(20)9-16/h2-9H,1H3,(H2,22,23,24,25). The Morgan fingerprint density at radius 2 is 1.68 bits per heavy atom. The second-order valence-corrected chi connectivity index (χ2v) is 6.19.